The Kier molecular flexibility index (Phi) is 4.08. The molecule has 0 bridgehead atoms. The Morgan fingerprint density at radius 2 is 1.65 bits per heavy atom. The van der Waals surface area contributed by atoms with E-state index in [0.29, 0.717) is 10.0 Å². The van der Waals surface area contributed by atoms with Crippen LogP contribution in [0.2, 0.25) is 10.0 Å². The molecule has 0 spiro atoms. The summed E-state index contributed by atoms with van der Waals surface area (Å²) in [7, 11) is 0. The van der Waals surface area contributed by atoms with Gasteiger partial charge >= 0.3 is 0 Å². The first kappa shape index (κ1) is 12.9. The maximum absolute atomic E-state index is 13.1. The van der Waals surface area contributed by atoms with E-state index in [1.807, 2.05) is 12.1 Å². The fourth-order valence-corrected chi connectivity index (χ4v) is 2.40. The van der Waals surface area contributed by atoms with Crippen molar-refractivity contribution in [2.75, 3.05) is 0 Å². The van der Waals surface area contributed by atoms with Gasteiger partial charge in [-0.2, -0.15) is 0 Å². The second-order valence-corrected chi connectivity index (χ2v) is 5.32. The molecule has 0 saturated carbocycles. The van der Waals surface area contributed by atoms with Crippen molar-refractivity contribution in [2.24, 2.45) is 0 Å². The maximum Gasteiger partial charge on any atom is 0.123 e. The molecule has 2 aromatic rings. The van der Waals surface area contributed by atoms with Crippen LogP contribution in [0.4, 0.5) is 4.39 Å². The number of halogens is 4. The van der Waals surface area contributed by atoms with Crippen molar-refractivity contribution in [3.63, 3.8) is 0 Å². The molecule has 1 unspecified atom stereocenters. The van der Waals surface area contributed by atoms with Crippen molar-refractivity contribution in [2.45, 2.75) is 4.83 Å². The standard InChI is InChI=1S/C13H8BrCl2F/c14-13(8-2-1-3-10(17)6-8)9-4-5-11(15)12(16)7-9/h1-7,13H. The van der Waals surface area contributed by atoms with E-state index < -0.39 is 0 Å². The van der Waals surface area contributed by atoms with Gasteiger partial charge < -0.3 is 0 Å². The van der Waals surface area contributed by atoms with Gasteiger partial charge in [0.2, 0.25) is 0 Å². The molecule has 0 nitrogen and oxygen atoms in total. The smallest absolute Gasteiger partial charge is 0.123 e. The van der Waals surface area contributed by atoms with Gasteiger partial charge in [-0.05, 0) is 35.4 Å². The summed E-state index contributed by atoms with van der Waals surface area (Å²) in [6.45, 7) is 0. The van der Waals surface area contributed by atoms with Crippen LogP contribution in [0.1, 0.15) is 16.0 Å². The Balaban J connectivity index is 2.36. The van der Waals surface area contributed by atoms with Crippen LogP contribution in [0.5, 0.6) is 0 Å². The molecule has 0 aromatic heterocycles. The van der Waals surface area contributed by atoms with Crippen LogP contribution in [0, 0.1) is 5.82 Å². The first-order valence-electron chi connectivity index (χ1n) is 4.92. The van der Waals surface area contributed by atoms with Gasteiger partial charge in [-0.15, -0.1) is 0 Å². The van der Waals surface area contributed by atoms with E-state index in [4.69, 9.17) is 23.2 Å². The summed E-state index contributed by atoms with van der Waals surface area (Å²) in [6.07, 6.45) is 0. The number of hydrogen-bond donors (Lipinski definition) is 0. The van der Waals surface area contributed by atoms with E-state index in [1.165, 1.54) is 12.1 Å². The summed E-state index contributed by atoms with van der Waals surface area (Å²) < 4.78 is 13.1. The molecule has 4 heteroatoms. The molecule has 2 aromatic carbocycles. The van der Waals surface area contributed by atoms with Crippen LogP contribution in [0.3, 0.4) is 0 Å². The quantitative estimate of drug-likeness (QED) is 0.626. The van der Waals surface area contributed by atoms with Gasteiger partial charge in [-0.3, -0.25) is 0 Å². The largest absolute Gasteiger partial charge is 0.207 e. The highest BCUT2D eigenvalue weighted by atomic mass is 79.9. The van der Waals surface area contributed by atoms with Crippen molar-refractivity contribution < 1.29 is 4.39 Å². The lowest BCUT2D eigenvalue weighted by atomic mass is 10.0. The summed E-state index contributed by atoms with van der Waals surface area (Å²) in [4.78, 5) is -0.104. The Labute approximate surface area is 117 Å². The van der Waals surface area contributed by atoms with Crippen LogP contribution in [-0.2, 0) is 0 Å². The maximum atomic E-state index is 13.1. The highest BCUT2D eigenvalue weighted by Crippen LogP contribution is 2.34. The molecule has 0 radical (unpaired) electrons. The van der Waals surface area contributed by atoms with Gasteiger partial charge in [0.25, 0.3) is 0 Å². The van der Waals surface area contributed by atoms with E-state index in [-0.39, 0.29) is 10.6 Å². The average Bonchev–Trinajstić information content (AvgIpc) is 2.32. The first-order chi connectivity index (χ1) is 8.08. The van der Waals surface area contributed by atoms with Crippen molar-refractivity contribution in [3.05, 3.63) is 69.5 Å². The third-order valence-electron chi connectivity index (χ3n) is 2.38. The minimum Gasteiger partial charge on any atom is -0.207 e. The summed E-state index contributed by atoms with van der Waals surface area (Å²) in [6, 6.07) is 11.8. The van der Waals surface area contributed by atoms with E-state index >= 15 is 0 Å². The van der Waals surface area contributed by atoms with Crippen molar-refractivity contribution in [1.82, 2.24) is 0 Å². The summed E-state index contributed by atoms with van der Waals surface area (Å²) in [5.41, 5.74) is 1.77. The Bertz CT molecular complexity index is 543. The molecule has 0 fully saturated rings. The molecule has 0 aliphatic heterocycles. The monoisotopic (exact) mass is 332 g/mol. The second-order valence-electron chi connectivity index (χ2n) is 3.59. The molecule has 0 N–H and O–H groups in total. The third-order valence-corrected chi connectivity index (χ3v) is 4.17. The molecule has 0 amide bonds. The summed E-state index contributed by atoms with van der Waals surface area (Å²) >= 11 is 15.3. The Morgan fingerprint density at radius 3 is 2.29 bits per heavy atom. The topological polar surface area (TPSA) is 0 Å². The number of rotatable bonds is 2. The van der Waals surface area contributed by atoms with Crippen LogP contribution in [-0.4, -0.2) is 0 Å². The molecule has 0 saturated heterocycles. The summed E-state index contributed by atoms with van der Waals surface area (Å²) in [5, 5.41) is 0.999. The molecule has 0 aliphatic rings. The molecule has 0 heterocycles. The zero-order valence-corrected chi connectivity index (χ0v) is 11.7. The fraction of sp³-hybridized carbons (Fsp3) is 0.0769. The highest BCUT2D eigenvalue weighted by molar-refractivity contribution is 9.09. The predicted octanol–water partition coefficient (Wildman–Crippen LogP) is 5.62. The zero-order valence-electron chi connectivity index (χ0n) is 8.63. The lowest BCUT2D eigenvalue weighted by molar-refractivity contribution is 0.626. The number of alkyl halides is 1. The van der Waals surface area contributed by atoms with E-state index in [2.05, 4.69) is 15.9 Å². The van der Waals surface area contributed by atoms with Gasteiger partial charge in [0.1, 0.15) is 5.82 Å². The average molecular weight is 334 g/mol. The normalized spacial score (nSPS) is 12.5. The van der Waals surface area contributed by atoms with Crippen molar-refractivity contribution in [3.8, 4) is 0 Å². The minimum atomic E-state index is -0.257. The van der Waals surface area contributed by atoms with Crippen molar-refractivity contribution in [1.29, 1.82) is 0 Å². The molecule has 0 aliphatic carbocycles. The lowest BCUT2D eigenvalue weighted by Gasteiger charge is -2.11. The van der Waals surface area contributed by atoms with E-state index in [1.54, 1.807) is 18.2 Å². The van der Waals surface area contributed by atoms with Gasteiger partial charge in [0.15, 0.2) is 0 Å². The van der Waals surface area contributed by atoms with Gasteiger partial charge in [-0.1, -0.05) is 57.3 Å². The minimum absolute atomic E-state index is 0.104. The first-order valence-corrected chi connectivity index (χ1v) is 6.59. The lowest BCUT2D eigenvalue weighted by Crippen LogP contribution is -1.93. The molecular formula is C13H8BrCl2F. The Hall–Kier alpha value is -0.570. The molecular weight excluding hydrogens is 326 g/mol. The van der Waals surface area contributed by atoms with E-state index in [0.717, 1.165) is 11.1 Å². The van der Waals surface area contributed by atoms with Crippen LogP contribution >= 0.6 is 39.1 Å². The van der Waals surface area contributed by atoms with Crippen molar-refractivity contribution >= 4 is 39.1 Å². The van der Waals surface area contributed by atoms with Gasteiger partial charge in [0.05, 0.1) is 14.9 Å². The Morgan fingerprint density at radius 1 is 0.941 bits per heavy atom. The van der Waals surface area contributed by atoms with Crippen LogP contribution < -0.4 is 0 Å². The zero-order chi connectivity index (χ0) is 12.4. The second kappa shape index (κ2) is 5.38. The molecule has 1 atom stereocenters. The highest BCUT2D eigenvalue weighted by Gasteiger charge is 2.12. The van der Waals surface area contributed by atoms with Gasteiger partial charge in [-0.25, -0.2) is 4.39 Å². The third kappa shape index (κ3) is 3.01. The number of hydrogen-bond acceptors (Lipinski definition) is 0. The van der Waals surface area contributed by atoms with E-state index in [9.17, 15) is 4.39 Å². The molecule has 17 heavy (non-hydrogen) atoms. The SMILES string of the molecule is Fc1cccc(C(Br)c2ccc(Cl)c(Cl)c2)c1. The molecule has 2 rings (SSSR count). The molecule has 88 valence electrons. The van der Waals surface area contributed by atoms with Gasteiger partial charge in [0, 0.05) is 0 Å². The fourth-order valence-electron chi connectivity index (χ4n) is 1.53. The summed E-state index contributed by atoms with van der Waals surface area (Å²) in [5.74, 6) is -0.257. The van der Waals surface area contributed by atoms with Crippen LogP contribution in [0.25, 0.3) is 0 Å². The number of benzene rings is 2. The predicted molar refractivity (Wildman–Crippen MR) is 73.6 cm³/mol. The van der Waals surface area contributed by atoms with Crippen LogP contribution in [0.15, 0.2) is 42.5 Å².